The number of ether oxygens (including phenoxy) is 2. The lowest BCUT2D eigenvalue weighted by atomic mass is 10.2. The van der Waals surface area contributed by atoms with Crippen LogP contribution in [0.15, 0.2) is 61.2 Å². The maximum atomic E-state index is 12.3. The summed E-state index contributed by atoms with van der Waals surface area (Å²) in [7, 11) is 0. The van der Waals surface area contributed by atoms with Crippen LogP contribution in [0.3, 0.4) is 0 Å². The van der Waals surface area contributed by atoms with E-state index in [1.54, 1.807) is 30.3 Å². The Bertz CT molecular complexity index is 762. The van der Waals surface area contributed by atoms with Crippen molar-refractivity contribution in [1.29, 1.82) is 0 Å². The summed E-state index contributed by atoms with van der Waals surface area (Å²) < 4.78 is 10.9. The summed E-state index contributed by atoms with van der Waals surface area (Å²) in [5.41, 5.74) is 1.13. The molecule has 0 bridgehead atoms. The molecule has 5 nitrogen and oxygen atoms in total. The van der Waals surface area contributed by atoms with Gasteiger partial charge in [0, 0.05) is 5.56 Å². The Balaban J connectivity index is 2.01. The topological polar surface area (TPSA) is 59.6 Å². The van der Waals surface area contributed by atoms with Crippen molar-refractivity contribution in [2.24, 2.45) is 0 Å². The molecule has 2 rings (SSSR count). The Morgan fingerprint density at radius 3 is 2.76 bits per heavy atom. The highest BCUT2D eigenvalue weighted by Gasteiger charge is 2.10. The molecule has 6 heteroatoms. The van der Waals surface area contributed by atoms with Crippen molar-refractivity contribution in [2.45, 2.75) is 6.92 Å². The van der Waals surface area contributed by atoms with E-state index >= 15 is 0 Å². The number of para-hydroxylation sites is 2. The number of nitrogens with one attached hydrogen (secondary N) is 2. The summed E-state index contributed by atoms with van der Waals surface area (Å²) in [6.07, 6.45) is 1.65. The minimum Gasteiger partial charge on any atom is -0.494 e. The number of amides is 1. The second-order valence-corrected chi connectivity index (χ2v) is 5.37. The van der Waals surface area contributed by atoms with Gasteiger partial charge in [-0.1, -0.05) is 30.9 Å². The molecule has 0 saturated carbocycles. The van der Waals surface area contributed by atoms with Crippen molar-refractivity contribution < 1.29 is 14.3 Å². The van der Waals surface area contributed by atoms with Gasteiger partial charge >= 0.3 is 0 Å². The molecule has 0 aliphatic carbocycles. The zero-order chi connectivity index (χ0) is 18.1. The van der Waals surface area contributed by atoms with Crippen LogP contribution in [0.1, 0.15) is 17.3 Å². The second-order valence-electron chi connectivity index (χ2n) is 4.96. The van der Waals surface area contributed by atoms with Gasteiger partial charge in [0.15, 0.2) is 5.11 Å². The van der Waals surface area contributed by atoms with Gasteiger partial charge in [0.2, 0.25) is 0 Å². The molecule has 2 aromatic carbocycles. The third kappa shape index (κ3) is 5.61. The molecular weight excluding hydrogens is 336 g/mol. The number of carbonyl (C=O) groups is 1. The van der Waals surface area contributed by atoms with Crippen LogP contribution < -0.4 is 20.1 Å². The molecule has 0 aliphatic rings. The van der Waals surface area contributed by atoms with Crippen LogP contribution in [0.4, 0.5) is 5.69 Å². The fourth-order valence-electron chi connectivity index (χ4n) is 2.07. The van der Waals surface area contributed by atoms with Gasteiger partial charge in [0.25, 0.3) is 5.91 Å². The first-order chi connectivity index (χ1) is 12.1. The molecule has 1 amide bonds. The average Bonchev–Trinajstić information content (AvgIpc) is 2.61. The molecule has 0 fully saturated rings. The van der Waals surface area contributed by atoms with Crippen molar-refractivity contribution in [3.63, 3.8) is 0 Å². The zero-order valence-electron chi connectivity index (χ0n) is 14.0. The van der Waals surface area contributed by atoms with Gasteiger partial charge in [0.1, 0.15) is 18.1 Å². The molecule has 0 spiro atoms. The largest absolute Gasteiger partial charge is 0.494 e. The van der Waals surface area contributed by atoms with Crippen molar-refractivity contribution >= 4 is 28.9 Å². The molecule has 130 valence electrons. The molecule has 0 unspecified atom stereocenters. The van der Waals surface area contributed by atoms with Crippen LogP contribution in [0.5, 0.6) is 11.5 Å². The molecule has 0 radical (unpaired) electrons. The van der Waals surface area contributed by atoms with Gasteiger partial charge < -0.3 is 14.8 Å². The predicted molar refractivity (Wildman–Crippen MR) is 103 cm³/mol. The number of hydrogen-bond acceptors (Lipinski definition) is 4. The third-order valence-corrected chi connectivity index (χ3v) is 3.33. The van der Waals surface area contributed by atoms with E-state index in [-0.39, 0.29) is 11.0 Å². The van der Waals surface area contributed by atoms with Crippen molar-refractivity contribution in [3.05, 3.63) is 66.7 Å². The average molecular weight is 356 g/mol. The lowest BCUT2D eigenvalue weighted by Crippen LogP contribution is -2.34. The van der Waals surface area contributed by atoms with Crippen molar-refractivity contribution in [3.8, 4) is 11.5 Å². The number of anilines is 1. The number of rotatable bonds is 7. The van der Waals surface area contributed by atoms with Crippen LogP contribution in [0.25, 0.3) is 0 Å². The first-order valence-corrected chi connectivity index (χ1v) is 8.22. The van der Waals surface area contributed by atoms with Gasteiger partial charge in [-0.3, -0.25) is 10.1 Å². The summed E-state index contributed by atoms with van der Waals surface area (Å²) in [4.78, 5) is 12.3. The van der Waals surface area contributed by atoms with E-state index in [1.807, 2.05) is 31.2 Å². The molecule has 25 heavy (non-hydrogen) atoms. The summed E-state index contributed by atoms with van der Waals surface area (Å²) in [6.45, 7) is 6.42. The summed E-state index contributed by atoms with van der Waals surface area (Å²) in [5.74, 6) is 0.943. The predicted octanol–water partition coefficient (Wildman–Crippen LogP) is 3.78. The van der Waals surface area contributed by atoms with Gasteiger partial charge in [-0.15, -0.1) is 0 Å². The Morgan fingerprint density at radius 1 is 1.20 bits per heavy atom. The summed E-state index contributed by atoms with van der Waals surface area (Å²) in [5, 5.41) is 5.80. The fraction of sp³-hybridized carbons (Fsp3) is 0.158. The smallest absolute Gasteiger partial charge is 0.257 e. The first kappa shape index (κ1) is 18.5. The molecule has 0 atom stereocenters. The summed E-state index contributed by atoms with van der Waals surface area (Å²) in [6, 6.07) is 14.2. The molecule has 2 aromatic rings. The number of benzene rings is 2. The van der Waals surface area contributed by atoms with E-state index in [9.17, 15) is 4.79 Å². The molecule has 0 aromatic heterocycles. The normalized spacial score (nSPS) is 9.80. The second kappa shape index (κ2) is 9.44. The van der Waals surface area contributed by atoms with E-state index in [4.69, 9.17) is 21.7 Å². The van der Waals surface area contributed by atoms with Crippen LogP contribution in [-0.4, -0.2) is 24.2 Å². The molecule has 2 N–H and O–H groups in total. The number of carbonyl (C=O) groups excluding carboxylic acids is 1. The van der Waals surface area contributed by atoms with Gasteiger partial charge in [-0.25, -0.2) is 0 Å². The maximum absolute atomic E-state index is 12.3. The SMILES string of the molecule is C=CCOc1ccccc1NC(=S)NC(=O)c1cccc(OCC)c1. The summed E-state index contributed by atoms with van der Waals surface area (Å²) >= 11 is 5.22. The molecular formula is C19H20N2O3S. The van der Waals surface area contributed by atoms with Crippen molar-refractivity contribution in [2.75, 3.05) is 18.5 Å². The van der Waals surface area contributed by atoms with E-state index in [0.717, 1.165) is 0 Å². The number of thiocarbonyl (C=S) groups is 1. The van der Waals surface area contributed by atoms with Crippen molar-refractivity contribution in [1.82, 2.24) is 5.32 Å². The quantitative estimate of drug-likeness (QED) is 0.584. The lowest BCUT2D eigenvalue weighted by Gasteiger charge is -2.13. The van der Waals surface area contributed by atoms with E-state index in [0.29, 0.717) is 36.0 Å². The highest BCUT2D eigenvalue weighted by molar-refractivity contribution is 7.80. The van der Waals surface area contributed by atoms with E-state index in [2.05, 4.69) is 17.2 Å². The zero-order valence-corrected chi connectivity index (χ0v) is 14.8. The fourth-order valence-corrected chi connectivity index (χ4v) is 2.27. The monoisotopic (exact) mass is 356 g/mol. The van der Waals surface area contributed by atoms with Crippen LogP contribution in [0.2, 0.25) is 0 Å². The van der Waals surface area contributed by atoms with E-state index in [1.165, 1.54) is 0 Å². The van der Waals surface area contributed by atoms with Crippen LogP contribution in [0, 0.1) is 0 Å². The maximum Gasteiger partial charge on any atom is 0.257 e. The Morgan fingerprint density at radius 2 is 2.00 bits per heavy atom. The highest BCUT2D eigenvalue weighted by Crippen LogP contribution is 2.23. The first-order valence-electron chi connectivity index (χ1n) is 7.82. The number of hydrogen-bond donors (Lipinski definition) is 2. The third-order valence-electron chi connectivity index (χ3n) is 3.13. The Hall–Kier alpha value is -2.86. The Labute approximate surface area is 152 Å². The minimum absolute atomic E-state index is 0.182. The highest BCUT2D eigenvalue weighted by atomic mass is 32.1. The van der Waals surface area contributed by atoms with Gasteiger partial charge in [-0.2, -0.15) is 0 Å². The molecule has 0 aliphatic heterocycles. The minimum atomic E-state index is -0.316. The Kier molecular flexibility index (Phi) is 6.98. The van der Waals surface area contributed by atoms with Crippen LogP contribution >= 0.6 is 12.2 Å². The molecule has 0 heterocycles. The van der Waals surface area contributed by atoms with E-state index < -0.39 is 0 Å². The standard InChI is InChI=1S/C19H20N2O3S/c1-3-12-24-17-11-6-5-10-16(17)20-19(25)21-18(22)14-8-7-9-15(13-14)23-4-2/h3,5-11,13H,1,4,12H2,2H3,(H2,20,21,22,25). The van der Waals surface area contributed by atoms with Gasteiger partial charge in [0.05, 0.1) is 12.3 Å². The molecule has 0 saturated heterocycles. The lowest BCUT2D eigenvalue weighted by molar-refractivity contribution is 0.0977. The van der Waals surface area contributed by atoms with Crippen LogP contribution in [-0.2, 0) is 0 Å². The van der Waals surface area contributed by atoms with Gasteiger partial charge in [-0.05, 0) is 49.5 Å².